The van der Waals surface area contributed by atoms with Gasteiger partial charge in [-0.2, -0.15) is 0 Å². The molecule has 0 aromatic heterocycles. The Morgan fingerprint density at radius 3 is 2.67 bits per heavy atom. The molecule has 142 valence electrons. The average Bonchev–Trinajstić information content (AvgIpc) is 2.73. The van der Waals surface area contributed by atoms with Gasteiger partial charge in [-0.25, -0.2) is 0 Å². The second-order valence-corrected chi connectivity index (χ2v) is 7.21. The van der Waals surface area contributed by atoms with Crippen LogP contribution >= 0.6 is 0 Å². The summed E-state index contributed by atoms with van der Waals surface area (Å²) in [6.07, 6.45) is 1.49. The number of piperazine rings is 1. The Morgan fingerprint density at radius 2 is 1.85 bits per heavy atom. The first kappa shape index (κ1) is 17.9. The largest absolute Gasteiger partial charge is 0.493 e. The maximum Gasteiger partial charge on any atom is 0.227 e. The van der Waals surface area contributed by atoms with Crippen LogP contribution in [0.2, 0.25) is 0 Å². The van der Waals surface area contributed by atoms with E-state index in [1.165, 1.54) is 11.1 Å². The van der Waals surface area contributed by atoms with Crippen molar-refractivity contribution in [2.24, 2.45) is 0 Å². The van der Waals surface area contributed by atoms with Crippen molar-refractivity contribution in [3.63, 3.8) is 0 Å². The Labute approximate surface area is 160 Å². The number of hydrogen-bond donors (Lipinski definition) is 0. The van der Waals surface area contributed by atoms with E-state index in [1.807, 2.05) is 23.1 Å². The molecule has 1 saturated heterocycles. The van der Waals surface area contributed by atoms with E-state index in [4.69, 9.17) is 9.47 Å². The van der Waals surface area contributed by atoms with E-state index in [0.29, 0.717) is 24.0 Å². The Hall–Kier alpha value is -2.53. The van der Waals surface area contributed by atoms with Crippen LogP contribution in [0.1, 0.15) is 22.7 Å². The predicted octanol–water partition coefficient (Wildman–Crippen LogP) is 2.69. The van der Waals surface area contributed by atoms with Crippen LogP contribution in [0.3, 0.4) is 0 Å². The van der Waals surface area contributed by atoms with Gasteiger partial charge >= 0.3 is 0 Å². The summed E-state index contributed by atoms with van der Waals surface area (Å²) >= 11 is 0. The fourth-order valence-electron chi connectivity index (χ4n) is 4.24. The average molecular weight is 366 g/mol. The number of amides is 1. The monoisotopic (exact) mass is 366 g/mol. The van der Waals surface area contributed by atoms with Gasteiger partial charge in [0.25, 0.3) is 0 Å². The first-order chi connectivity index (χ1) is 13.2. The molecule has 1 fully saturated rings. The van der Waals surface area contributed by atoms with Crippen LogP contribution < -0.4 is 9.47 Å². The molecule has 0 bridgehead atoms. The lowest BCUT2D eigenvalue weighted by atomic mass is 9.91. The van der Waals surface area contributed by atoms with Crippen LogP contribution in [0, 0.1) is 0 Å². The van der Waals surface area contributed by atoms with Gasteiger partial charge in [-0.15, -0.1) is 0 Å². The van der Waals surface area contributed by atoms with E-state index in [2.05, 4.69) is 29.2 Å². The van der Waals surface area contributed by atoms with Crippen molar-refractivity contribution in [2.45, 2.75) is 18.9 Å². The number of nitrogens with zero attached hydrogens (tertiary/aromatic N) is 2. The minimum Gasteiger partial charge on any atom is -0.493 e. The van der Waals surface area contributed by atoms with Gasteiger partial charge in [0.05, 0.1) is 26.7 Å². The zero-order chi connectivity index (χ0) is 18.8. The van der Waals surface area contributed by atoms with Crippen LogP contribution in [-0.2, 0) is 17.6 Å². The van der Waals surface area contributed by atoms with E-state index >= 15 is 0 Å². The molecule has 0 spiro atoms. The summed E-state index contributed by atoms with van der Waals surface area (Å²) in [5, 5.41) is 0. The number of carbonyl (C=O) groups is 1. The van der Waals surface area contributed by atoms with Gasteiger partial charge in [0.1, 0.15) is 0 Å². The van der Waals surface area contributed by atoms with Gasteiger partial charge < -0.3 is 14.4 Å². The number of fused-ring (bicyclic) bond motifs is 3. The molecule has 0 aliphatic carbocycles. The quantitative estimate of drug-likeness (QED) is 0.834. The number of carbonyl (C=O) groups excluding carboxylic acids is 1. The standard InChI is InChI=1S/C22H26N2O3/c1-26-20-8-7-16(13-21(20)27-2)14-22(25)24-12-11-23-10-9-17-5-3-4-6-18(17)19(23)15-24/h3-8,13,19H,9-12,14-15H2,1-2H3. The zero-order valence-electron chi connectivity index (χ0n) is 16.0. The first-order valence-corrected chi connectivity index (χ1v) is 9.50. The van der Waals surface area contributed by atoms with Crippen LogP contribution in [-0.4, -0.2) is 56.1 Å². The maximum atomic E-state index is 12.9. The van der Waals surface area contributed by atoms with Crippen LogP contribution in [0.25, 0.3) is 0 Å². The molecule has 0 saturated carbocycles. The molecule has 1 unspecified atom stereocenters. The van der Waals surface area contributed by atoms with Crippen molar-refractivity contribution in [1.29, 1.82) is 0 Å². The lowest BCUT2D eigenvalue weighted by Crippen LogP contribution is -2.52. The molecule has 2 aliphatic heterocycles. The van der Waals surface area contributed by atoms with Crippen molar-refractivity contribution in [2.75, 3.05) is 40.4 Å². The van der Waals surface area contributed by atoms with Crippen molar-refractivity contribution in [3.05, 3.63) is 59.2 Å². The molecule has 0 N–H and O–H groups in total. The molecule has 2 aliphatic rings. The number of ether oxygens (including phenoxy) is 2. The summed E-state index contributed by atoms with van der Waals surface area (Å²) in [6, 6.07) is 14.7. The Kier molecular flexibility index (Phi) is 5.03. The summed E-state index contributed by atoms with van der Waals surface area (Å²) < 4.78 is 10.6. The summed E-state index contributed by atoms with van der Waals surface area (Å²) in [6.45, 7) is 3.59. The van der Waals surface area contributed by atoms with E-state index in [1.54, 1.807) is 14.2 Å². The van der Waals surface area contributed by atoms with Crippen LogP contribution in [0.4, 0.5) is 0 Å². The zero-order valence-corrected chi connectivity index (χ0v) is 16.0. The Bertz CT molecular complexity index is 836. The molecule has 5 heteroatoms. The molecule has 4 rings (SSSR count). The lowest BCUT2D eigenvalue weighted by Gasteiger charge is -2.45. The highest BCUT2D eigenvalue weighted by molar-refractivity contribution is 5.79. The third-order valence-corrected chi connectivity index (χ3v) is 5.73. The number of methoxy groups -OCH3 is 2. The van der Waals surface area contributed by atoms with Gasteiger partial charge in [-0.05, 0) is 35.2 Å². The number of rotatable bonds is 4. The topological polar surface area (TPSA) is 42.0 Å². The number of benzene rings is 2. The highest BCUT2D eigenvalue weighted by Gasteiger charge is 2.33. The molecule has 2 heterocycles. The fraction of sp³-hybridized carbons (Fsp3) is 0.409. The smallest absolute Gasteiger partial charge is 0.227 e. The van der Waals surface area contributed by atoms with Crippen LogP contribution in [0.15, 0.2) is 42.5 Å². The first-order valence-electron chi connectivity index (χ1n) is 9.50. The minimum atomic E-state index is 0.171. The third kappa shape index (κ3) is 3.52. The van der Waals surface area contributed by atoms with Gasteiger partial charge in [0, 0.05) is 26.2 Å². The minimum absolute atomic E-state index is 0.171. The molecule has 1 amide bonds. The summed E-state index contributed by atoms with van der Waals surface area (Å²) in [5.74, 6) is 1.51. The van der Waals surface area contributed by atoms with E-state index in [9.17, 15) is 4.79 Å². The van der Waals surface area contributed by atoms with Crippen LogP contribution in [0.5, 0.6) is 11.5 Å². The second-order valence-electron chi connectivity index (χ2n) is 7.21. The molecule has 2 aromatic carbocycles. The number of hydrogen-bond acceptors (Lipinski definition) is 4. The molecule has 2 aromatic rings. The van der Waals surface area contributed by atoms with E-state index < -0.39 is 0 Å². The van der Waals surface area contributed by atoms with E-state index in [0.717, 1.165) is 38.2 Å². The Morgan fingerprint density at radius 1 is 1.04 bits per heavy atom. The van der Waals surface area contributed by atoms with Crippen molar-refractivity contribution in [3.8, 4) is 11.5 Å². The maximum absolute atomic E-state index is 12.9. The van der Waals surface area contributed by atoms with Crippen molar-refractivity contribution >= 4 is 5.91 Å². The van der Waals surface area contributed by atoms with Crippen molar-refractivity contribution in [1.82, 2.24) is 9.80 Å². The van der Waals surface area contributed by atoms with Crippen molar-refractivity contribution < 1.29 is 14.3 Å². The van der Waals surface area contributed by atoms with Gasteiger partial charge in [-0.3, -0.25) is 9.69 Å². The molecular formula is C22H26N2O3. The second kappa shape index (κ2) is 7.61. The fourth-order valence-corrected chi connectivity index (χ4v) is 4.24. The predicted molar refractivity (Wildman–Crippen MR) is 104 cm³/mol. The molecule has 0 radical (unpaired) electrons. The highest BCUT2D eigenvalue weighted by Crippen LogP contribution is 2.33. The summed E-state index contributed by atoms with van der Waals surface area (Å²) in [5.41, 5.74) is 3.75. The van der Waals surface area contributed by atoms with E-state index in [-0.39, 0.29) is 5.91 Å². The summed E-state index contributed by atoms with van der Waals surface area (Å²) in [4.78, 5) is 17.5. The lowest BCUT2D eigenvalue weighted by molar-refractivity contribution is -0.133. The van der Waals surface area contributed by atoms with Gasteiger partial charge in [0.2, 0.25) is 5.91 Å². The Balaban J connectivity index is 1.48. The van der Waals surface area contributed by atoms with Gasteiger partial charge in [-0.1, -0.05) is 30.3 Å². The molecule has 27 heavy (non-hydrogen) atoms. The molecule has 1 atom stereocenters. The SMILES string of the molecule is COc1ccc(CC(=O)N2CCN3CCc4ccccc4C3C2)cc1OC. The van der Waals surface area contributed by atoms with Gasteiger partial charge in [0.15, 0.2) is 11.5 Å². The molecular weight excluding hydrogens is 340 g/mol. The highest BCUT2D eigenvalue weighted by atomic mass is 16.5. The molecule has 5 nitrogen and oxygen atoms in total. The normalized spacial score (nSPS) is 19.2. The summed E-state index contributed by atoms with van der Waals surface area (Å²) in [7, 11) is 3.23. The third-order valence-electron chi connectivity index (χ3n) is 5.73.